The van der Waals surface area contributed by atoms with Crippen LogP contribution in [0.3, 0.4) is 0 Å². The summed E-state index contributed by atoms with van der Waals surface area (Å²) < 4.78 is 2.25. The van der Waals surface area contributed by atoms with Crippen LogP contribution in [0.4, 0.5) is 0 Å². The lowest BCUT2D eigenvalue weighted by molar-refractivity contribution is 0.0791. The van der Waals surface area contributed by atoms with Gasteiger partial charge in [-0.05, 0) is 42.8 Å². The van der Waals surface area contributed by atoms with Gasteiger partial charge in [-0.1, -0.05) is 6.07 Å². The molecule has 0 N–H and O–H groups in total. The van der Waals surface area contributed by atoms with Gasteiger partial charge in [0, 0.05) is 49.5 Å². The summed E-state index contributed by atoms with van der Waals surface area (Å²) >= 11 is 1.51. The number of aryl methyl sites for hydroxylation is 1. The standard InChI is InChI=1S/C19H20N4OS/c1-14-10-21-18(16-4-2-7-20-11-16)23(14)13-15-6-8-22(12-15)19(24)17-5-3-9-25-17/h2-5,7,9-11,15H,6,8,12-13H2,1H3. The monoisotopic (exact) mass is 352 g/mol. The van der Waals surface area contributed by atoms with Crippen LogP contribution in [0.5, 0.6) is 0 Å². The number of aromatic nitrogens is 3. The topological polar surface area (TPSA) is 51.0 Å². The number of likely N-dealkylation sites (tertiary alicyclic amines) is 1. The third-order valence-corrected chi connectivity index (χ3v) is 5.58. The highest BCUT2D eigenvalue weighted by Crippen LogP contribution is 2.25. The molecule has 3 aromatic rings. The molecule has 1 fully saturated rings. The molecule has 3 aromatic heterocycles. The van der Waals surface area contributed by atoms with Gasteiger partial charge in [-0.2, -0.15) is 0 Å². The maximum atomic E-state index is 12.5. The summed E-state index contributed by atoms with van der Waals surface area (Å²) in [7, 11) is 0. The fourth-order valence-corrected chi connectivity index (χ4v) is 4.09. The van der Waals surface area contributed by atoms with E-state index in [0.717, 1.165) is 48.0 Å². The van der Waals surface area contributed by atoms with Gasteiger partial charge in [0.25, 0.3) is 5.91 Å². The molecule has 0 radical (unpaired) electrons. The lowest BCUT2D eigenvalue weighted by Gasteiger charge is -2.17. The van der Waals surface area contributed by atoms with Crippen LogP contribution in [0.25, 0.3) is 11.4 Å². The summed E-state index contributed by atoms with van der Waals surface area (Å²) in [6.07, 6.45) is 6.56. The second kappa shape index (κ2) is 6.80. The van der Waals surface area contributed by atoms with Crippen LogP contribution in [0.1, 0.15) is 21.8 Å². The molecule has 0 aromatic carbocycles. The molecule has 0 aliphatic carbocycles. The van der Waals surface area contributed by atoms with Crippen LogP contribution in [0, 0.1) is 12.8 Å². The number of hydrogen-bond acceptors (Lipinski definition) is 4. The van der Waals surface area contributed by atoms with Gasteiger partial charge in [-0.3, -0.25) is 9.78 Å². The molecule has 4 rings (SSSR count). The molecule has 1 aliphatic rings. The Morgan fingerprint density at radius 3 is 3.00 bits per heavy atom. The summed E-state index contributed by atoms with van der Waals surface area (Å²) in [5.74, 6) is 1.56. The molecule has 0 bridgehead atoms. The summed E-state index contributed by atoms with van der Waals surface area (Å²) in [6.45, 7) is 4.60. The van der Waals surface area contributed by atoms with E-state index in [1.54, 1.807) is 6.20 Å². The van der Waals surface area contributed by atoms with Crippen LogP contribution < -0.4 is 0 Å². The van der Waals surface area contributed by atoms with E-state index in [-0.39, 0.29) is 5.91 Å². The highest BCUT2D eigenvalue weighted by Gasteiger charge is 2.28. The Bertz CT molecular complexity index is 857. The minimum atomic E-state index is 0.160. The van der Waals surface area contributed by atoms with Gasteiger partial charge >= 0.3 is 0 Å². The highest BCUT2D eigenvalue weighted by atomic mass is 32.1. The summed E-state index contributed by atoms with van der Waals surface area (Å²) in [6, 6.07) is 7.80. The van der Waals surface area contributed by atoms with Crippen molar-refractivity contribution in [3.8, 4) is 11.4 Å². The SMILES string of the molecule is Cc1cnc(-c2cccnc2)n1CC1CCN(C(=O)c2cccs2)C1. The van der Waals surface area contributed by atoms with E-state index in [9.17, 15) is 4.79 Å². The number of pyridine rings is 1. The van der Waals surface area contributed by atoms with Gasteiger partial charge in [0.15, 0.2) is 0 Å². The average molecular weight is 352 g/mol. The second-order valence-electron chi connectivity index (χ2n) is 6.46. The Labute approximate surface area is 151 Å². The molecule has 128 valence electrons. The predicted molar refractivity (Wildman–Crippen MR) is 98.5 cm³/mol. The first-order valence-electron chi connectivity index (χ1n) is 8.47. The minimum absolute atomic E-state index is 0.160. The smallest absolute Gasteiger partial charge is 0.263 e. The lowest BCUT2D eigenvalue weighted by Crippen LogP contribution is -2.28. The molecule has 0 saturated carbocycles. The van der Waals surface area contributed by atoms with Gasteiger partial charge in [-0.15, -0.1) is 11.3 Å². The molecular weight excluding hydrogens is 332 g/mol. The fraction of sp³-hybridized carbons (Fsp3) is 0.316. The number of imidazole rings is 1. The molecule has 1 amide bonds. The Hall–Kier alpha value is -2.47. The van der Waals surface area contributed by atoms with Crippen molar-refractivity contribution in [2.75, 3.05) is 13.1 Å². The zero-order valence-corrected chi connectivity index (χ0v) is 14.9. The number of thiophene rings is 1. The Morgan fingerprint density at radius 2 is 2.24 bits per heavy atom. The average Bonchev–Trinajstić information content (AvgIpc) is 3.38. The van der Waals surface area contributed by atoms with E-state index >= 15 is 0 Å². The maximum absolute atomic E-state index is 12.5. The van der Waals surface area contributed by atoms with Crippen molar-refractivity contribution in [1.29, 1.82) is 0 Å². The minimum Gasteiger partial charge on any atom is -0.338 e. The maximum Gasteiger partial charge on any atom is 0.263 e. The first kappa shape index (κ1) is 16.0. The molecule has 4 heterocycles. The van der Waals surface area contributed by atoms with Gasteiger partial charge in [0.2, 0.25) is 0 Å². The number of rotatable bonds is 4. The van der Waals surface area contributed by atoms with Crippen molar-refractivity contribution in [3.05, 3.63) is 58.8 Å². The van der Waals surface area contributed by atoms with E-state index < -0.39 is 0 Å². The largest absolute Gasteiger partial charge is 0.338 e. The van der Waals surface area contributed by atoms with Gasteiger partial charge in [0.1, 0.15) is 5.82 Å². The van der Waals surface area contributed by atoms with Crippen molar-refractivity contribution in [2.45, 2.75) is 19.9 Å². The lowest BCUT2D eigenvalue weighted by atomic mass is 10.1. The van der Waals surface area contributed by atoms with Crippen LogP contribution in [0.15, 0.2) is 48.2 Å². The van der Waals surface area contributed by atoms with E-state index in [0.29, 0.717) is 5.92 Å². The molecule has 25 heavy (non-hydrogen) atoms. The third kappa shape index (κ3) is 3.22. The van der Waals surface area contributed by atoms with Gasteiger partial charge in [0.05, 0.1) is 4.88 Å². The molecule has 1 unspecified atom stereocenters. The van der Waals surface area contributed by atoms with E-state index in [1.807, 2.05) is 46.9 Å². The van der Waals surface area contributed by atoms with Gasteiger partial charge in [-0.25, -0.2) is 4.98 Å². The summed E-state index contributed by atoms with van der Waals surface area (Å²) in [5.41, 5.74) is 2.17. The summed E-state index contributed by atoms with van der Waals surface area (Å²) in [4.78, 5) is 24.1. The molecule has 1 aliphatic heterocycles. The normalized spacial score (nSPS) is 17.2. The molecule has 6 heteroatoms. The molecule has 1 atom stereocenters. The molecular formula is C19H20N4OS. The number of hydrogen-bond donors (Lipinski definition) is 0. The number of amides is 1. The second-order valence-corrected chi connectivity index (χ2v) is 7.41. The van der Waals surface area contributed by atoms with Crippen LogP contribution in [0.2, 0.25) is 0 Å². The zero-order valence-electron chi connectivity index (χ0n) is 14.1. The predicted octanol–water partition coefficient (Wildman–Crippen LogP) is 3.48. The Balaban J connectivity index is 1.49. The Morgan fingerprint density at radius 1 is 1.32 bits per heavy atom. The van der Waals surface area contributed by atoms with Crippen LogP contribution >= 0.6 is 11.3 Å². The number of nitrogens with zero attached hydrogens (tertiary/aromatic N) is 4. The molecule has 0 spiro atoms. The third-order valence-electron chi connectivity index (χ3n) is 4.72. The number of carbonyl (C=O) groups is 1. The quantitative estimate of drug-likeness (QED) is 0.722. The highest BCUT2D eigenvalue weighted by molar-refractivity contribution is 7.12. The van der Waals surface area contributed by atoms with Crippen molar-refractivity contribution in [1.82, 2.24) is 19.4 Å². The fourth-order valence-electron chi connectivity index (χ4n) is 3.40. The first-order chi connectivity index (χ1) is 12.2. The Kier molecular flexibility index (Phi) is 4.36. The van der Waals surface area contributed by atoms with Crippen LogP contribution in [-0.2, 0) is 6.54 Å². The van der Waals surface area contributed by atoms with Crippen molar-refractivity contribution in [2.24, 2.45) is 5.92 Å². The van der Waals surface area contributed by atoms with Crippen LogP contribution in [-0.4, -0.2) is 38.4 Å². The number of carbonyl (C=O) groups excluding carboxylic acids is 1. The summed E-state index contributed by atoms with van der Waals surface area (Å²) in [5, 5.41) is 1.95. The van der Waals surface area contributed by atoms with Crippen molar-refractivity contribution < 1.29 is 4.79 Å². The van der Waals surface area contributed by atoms with E-state index in [2.05, 4.69) is 21.5 Å². The molecule has 5 nitrogen and oxygen atoms in total. The van der Waals surface area contributed by atoms with E-state index in [1.165, 1.54) is 11.3 Å². The van der Waals surface area contributed by atoms with E-state index in [4.69, 9.17) is 0 Å². The first-order valence-corrected chi connectivity index (χ1v) is 9.35. The van der Waals surface area contributed by atoms with Crippen molar-refractivity contribution >= 4 is 17.2 Å². The van der Waals surface area contributed by atoms with Crippen molar-refractivity contribution in [3.63, 3.8) is 0 Å². The molecule has 1 saturated heterocycles. The van der Waals surface area contributed by atoms with Gasteiger partial charge < -0.3 is 9.47 Å². The zero-order chi connectivity index (χ0) is 17.2.